The standard InChI is InChI=1S/C20H15NO5/c22-20(25-14-4-7-15-5-2-1-3-6-15)19-13-12-18(26-19)16-8-10-17(11-9-16)21(23)24/h1-13H,14H2/b7-4+. The molecule has 0 fully saturated rings. The van der Waals surface area contributed by atoms with Crippen LogP contribution in [0.3, 0.4) is 0 Å². The lowest BCUT2D eigenvalue weighted by Crippen LogP contribution is -2.03. The highest BCUT2D eigenvalue weighted by Crippen LogP contribution is 2.24. The molecule has 0 bridgehead atoms. The Labute approximate surface area is 149 Å². The third-order valence-electron chi connectivity index (χ3n) is 3.59. The minimum atomic E-state index is -0.573. The summed E-state index contributed by atoms with van der Waals surface area (Å²) < 4.78 is 10.6. The summed E-state index contributed by atoms with van der Waals surface area (Å²) in [6, 6.07) is 18.7. The second kappa shape index (κ2) is 7.94. The van der Waals surface area contributed by atoms with Gasteiger partial charge in [-0.05, 0) is 35.9 Å². The number of furan rings is 1. The molecule has 0 unspecified atom stereocenters. The molecule has 0 aliphatic heterocycles. The van der Waals surface area contributed by atoms with Crippen molar-refractivity contribution in [2.24, 2.45) is 0 Å². The lowest BCUT2D eigenvalue weighted by molar-refractivity contribution is -0.384. The van der Waals surface area contributed by atoms with Crippen LogP contribution in [0, 0.1) is 10.1 Å². The van der Waals surface area contributed by atoms with Crippen LogP contribution in [0.1, 0.15) is 16.1 Å². The van der Waals surface area contributed by atoms with Crippen LogP contribution < -0.4 is 0 Å². The van der Waals surface area contributed by atoms with Crippen molar-refractivity contribution in [1.82, 2.24) is 0 Å². The third kappa shape index (κ3) is 4.24. The maximum atomic E-state index is 12.0. The van der Waals surface area contributed by atoms with Crippen LogP contribution in [0.15, 0.2) is 77.2 Å². The fourth-order valence-electron chi connectivity index (χ4n) is 2.29. The average molecular weight is 349 g/mol. The zero-order valence-electron chi connectivity index (χ0n) is 13.7. The number of nitro benzene ring substituents is 1. The van der Waals surface area contributed by atoms with Crippen molar-refractivity contribution in [3.05, 3.63) is 94.2 Å². The van der Waals surface area contributed by atoms with Gasteiger partial charge >= 0.3 is 5.97 Å². The van der Waals surface area contributed by atoms with Gasteiger partial charge in [0.05, 0.1) is 4.92 Å². The van der Waals surface area contributed by atoms with E-state index in [0.717, 1.165) is 5.56 Å². The zero-order chi connectivity index (χ0) is 18.4. The van der Waals surface area contributed by atoms with Crippen molar-refractivity contribution in [3.63, 3.8) is 0 Å². The summed E-state index contributed by atoms with van der Waals surface area (Å²) in [4.78, 5) is 22.2. The minimum Gasteiger partial charge on any atom is -0.456 e. The Morgan fingerprint density at radius 2 is 1.77 bits per heavy atom. The van der Waals surface area contributed by atoms with Crippen LogP contribution in [-0.4, -0.2) is 17.5 Å². The number of benzene rings is 2. The van der Waals surface area contributed by atoms with E-state index in [1.165, 1.54) is 18.2 Å². The van der Waals surface area contributed by atoms with Gasteiger partial charge in [-0.2, -0.15) is 0 Å². The fourth-order valence-corrected chi connectivity index (χ4v) is 2.29. The van der Waals surface area contributed by atoms with E-state index in [1.807, 2.05) is 36.4 Å². The third-order valence-corrected chi connectivity index (χ3v) is 3.59. The topological polar surface area (TPSA) is 82.6 Å². The Bertz CT molecular complexity index is 926. The Kier molecular flexibility index (Phi) is 5.24. The Balaban J connectivity index is 1.59. The summed E-state index contributed by atoms with van der Waals surface area (Å²) in [5.74, 6) is -0.0611. The monoisotopic (exact) mass is 349 g/mol. The molecule has 3 aromatic rings. The smallest absolute Gasteiger partial charge is 0.374 e. The second-order valence-electron chi connectivity index (χ2n) is 5.38. The number of carbonyl (C=O) groups is 1. The van der Waals surface area contributed by atoms with Gasteiger partial charge in [0.15, 0.2) is 0 Å². The largest absolute Gasteiger partial charge is 0.456 e. The SMILES string of the molecule is O=C(OC/C=C/c1ccccc1)c1ccc(-c2ccc([N+](=O)[O-])cc2)o1. The van der Waals surface area contributed by atoms with E-state index in [2.05, 4.69) is 0 Å². The Morgan fingerprint density at radius 1 is 1.04 bits per heavy atom. The first-order chi connectivity index (χ1) is 12.6. The number of nitro groups is 1. The molecule has 0 saturated heterocycles. The molecule has 0 amide bonds. The van der Waals surface area contributed by atoms with Crippen LogP contribution >= 0.6 is 0 Å². The van der Waals surface area contributed by atoms with E-state index in [4.69, 9.17) is 9.15 Å². The average Bonchev–Trinajstić information content (AvgIpc) is 3.16. The molecular weight excluding hydrogens is 334 g/mol. The highest BCUT2D eigenvalue weighted by atomic mass is 16.6. The number of rotatable bonds is 6. The molecular formula is C20H15NO5. The van der Waals surface area contributed by atoms with Crippen LogP contribution in [0.2, 0.25) is 0 Å². The molecule has 2 aromatic carbocycles. The molecule has 0 saturated carbocycles. The van der Waals surface area contributed by atoms with Crippen LogP contribution in [0.25, 0.3) is 17.4 Å². The van der Waals surface area contributed by atoms with Crippen molar-refractivity contribution in [2.75, 3.05) is 6.61 Å². The van der Waals surface area contributed by atoms with Crippen molar-refractivity contribution < 1.29 is 18.9 Å². The van der Waals surface area contributed by atoms with Crippen molar-refractivity contribution >= 4 is 17.7 Å². The number of non-ortho nitro benzene ring substituents is 1. The normalized spacial score (nSPS) is 10.8. The first-order valence-corrected chi connectivity index (χ1v) is 7.87. The zero-order valence-corrected chi connectivity index (χ0v) is 13.7. The van der Waals surface area contributed by atoms with E-state index in [1.54, 1.807) is 24.3 Å². The van der Waals surface area contributed by atoms with Gasteiger partial charge in [-0.1, -0.05) is 36.4 Å². The summed E-state index contributed by atoms with van der Waals surface area (Å²) in [6.07, 6.45) is 3.60. The number of ether oxygens (including phenoxy) is 1. The van der Waals surface area contributed by atoms with Gasteiger partial charge in [0.1, 0.15) is 12.4 Å². The Morgan fingerprint density at radius 3 is 2.46 bits per heavy atom. The second-order valence-corrected chi connectivity index (χ2v) is 5.38. The number of hydrogen-bond donors (Lipinski definition) is 0. The van der Waals surface area contributed by atoms with Gasteiger partial charge in [0, 0.05) is 17.7 Å². The predicted molar refractivity (Wildman–Crippen MR) is 96.6 cm³/mol. The summed E-state index contributed by atoms with van der Waals surface area (Å²) in [5.41, 5.74) is 1.64. The lowest BCUT2D eigenvalue weighted by Gasteiger charge is -1.99. The molecule has 1 aromatic heterocycles. The van der Waals surface area contributed by atoms with Gasteiger partial charge in [-0.25, -0.2) is 4.79 Å². The van der Waals surface area contributed by atoms with Gasteiger partial charge in [-0.3, -0.25) is 10.1 Å². The van der Waals surface area contributed by atoms with Crippen LogP contribution in [-0.2, 0) is 4.74 Å². The van der Waals surface area contributed by atoms with E-state index in [0.29, 0.717) is 11.3 Å². The van der Waals surface area contributed by atoms with Crippen molar-refractivity contribution in [1.29, 1.82) is 0 Å². The molecule has 1 heterocycles. The molecule has 6 nitrogen and oxygen atoms in total. The maximum absolute atomic E-state index is 12.0. The van der Waals surface area contributed by atoms with Crippen molar-refractivity contribution in [3.8, 4) is 11.3 Å². The molecule has 26 heavy (non-hydrogen) atoms. The number of esters is 1. The maximum Gasteiger partial charge on any atom is 0.374 e. The lowest BCUT2D eigenvalue weighted by atomic mass is 10.1. The van der Waals surface area contributed by atoms with E-state index >= 15 is 0 Å². The quantitative estimate of drug-likeness (QED) is 0.365. The molecule has 6 heteroatoms. The van der Waals surface area contributed by atoms with E-state index < -0.39 is 10.9 Å². The summed E-state index contributed by atoms with van der Waals surface area (Å²) in [7, 11) is 0. The molecule has 0 spiro atoms. The van der Waals surface area contributed by atoms with Gasteiger partial charge in [0.25, 0.3) is 5.69 Å². The van der Waals surface area contributed by atoms with Crippen LogP contribution in [0.4, 0.5) is 5.69 Å². The minimum absolute atomic E-state index is 0.00913. The van der Waals surface area contributed by atoms with E-state index in [9.17, 15) is 14.9 Å². The predicted octanol–water partition coefficient (Wildman–Crippen LogP) is 4.73. The summed E-state index contributed by atoms with van der Waals surface area (Å²) in [6.45, 7) is 0.126. The first-order valence-electron chi connectivity index (χ1n) is 7.87. The molecule has 0 atom stereocenters. The van der Waals surface area contributed by atoms with Gasteiger partial charge in [0.2, 0.25) is 5.76 Å². The fraction of sp³-hybridized carbons (Fsp3) is 0.0500. The number of hydrogen-bond acceptors (Lipinski definition) is 5. The molecule has 0 aliphatic carbocycles. The molecule has 0 aliphatic rings. The Hall–Kier alpha value is -3.67. The first kappa shape index (κ1) is 17.2. The summed E-state index contributed by atoms with van der Waals surface area (Å²) in [5, 5.41) is 10.7. The van der Waals surface area contributed by atoms with Crippen molar-refractivity contribution in [2.45, 2.75) is 0 Å². The van der Waals surface area contributed by atoms with Crippen LogP contribution in [0.5, 0.6) is 0 Å². The van der Waals surface area contributed by atoms with Gasteiger partial charge in [-0.15, -0.1) is 0 Å². The summed E-state index contributed by atoms with van der Waals surface area (Å²) >= 11 is 0. The number of nitrogens with zero attached hydrogens (tertiary/aromatic N) is 1. The molecule has 0 radical (unpaired) electrons. The molecule has 0 N–H and O–H groups in total. The molecule has 3 rings (SSSR count). The highest BCUT2D eigenvalue weighted by Gasteiger charge is 2.14. The molecule has 130 valence electrons. The number of carbonyl (C=O) groups excluding carboxylic acids is 1. The highest BCUT2D eigenvalue weighted by molar-refractivity contribution is 5.87. The van der Waals surface area contributed by atoms with E-state index in [-0.39, 0.29) is 18.1 Å². The van der Waals surface area contributed by atoms with Gasteiger partial charge < -0.3 is 9.15 Å².